The third-order valence-corrected chi connectivity index (χ3v) is 3.03. The van der Waals surface area contributed by atoms with Crippen LogP contribution in [0, 0.1) is 0 Å². The molecule has 0 spiro atoms. The number of methoxy groups -OCH3 is 1. The molecule has 0 fully saturated rings. The van der Waals surface area contributed by atoms with Crippen LogP contribution in [0.25, 0.3) is 10.9 Å². The summed E-state index contributed by atoms with van der Waals surface area (Å²) >= 11 is 0. The molecular weight excluding hydrogens is 264 g/mol. The summed E-state index contributed by atoms with van der Waals surface area (Å²) in [4.78, 5) is 5.82. The molecule has 0 atom stereocenters. The molecule has 108 valence electrons. The first kappa shape index (κ1) is 14.5. The van der Waals surface area contributed by atoms with Crippen molar-refractivity contribution < 1.29 is 13.5 Å². The second kappa shape index (κ2) is 6.00. The number of ether oxygens (including phenoxy) is 1. The molecule has 0 saturated heterocycles. The van der Waals surface area contributed by atoms with Gasteiger partial charge in [-0.2, -0.15) is 0 Å². The van der Waals surface area contributed by atoms with Crippen LogP contribution in [0.2, 0.25) is 0 Å². The Labute approximate surface area is 116 Å². The predicted octanol–water partition coefficient (Wildman–Crippen LogP) is 2.52. The van der Waals surface area contributed by atoms with Gasteiger partial charge in [-0.15, -0.1) is 0 Å². The first-order valence-corrected chi connectivity index (χ1v) is 6.19. The number of hydrogen-bond donors (Lipinski definition) is 1. The smallest absolute Gasteiger partial charge is 0.251 e. The van der Waals surface area contributed by atoms with Crippen LogP contribution < -0.4 is 10.5 Å². The summed E-state index contributed by atoms with van der Waals surface area (Å²) in [6.45, 7) is 0.0469. The molecule has 0 aliphatic heterocycles. The van der Waals surface area contributed by atoms with E-state index in [1.165, 1.54) is 4.90 Å². The van der Waals surface area contributed by atoms with E-state index >= 15 is 0 Å². The van der Waals surface area contributed by atoms with Crippen LogP contribution in [-0.4, -0.2) is 37.0 Å². The zero-order chi connectivity index (χ0) is 14.7. The highest BCUT2D eigenvalue weighted by Crippen LogP contribution is 2.23. The van der Waals surface area contributed by atoms with Crippen molar-refractivity contribution in [3.8, 4) is 5.75 Å². The van der Waals surface area contributed by atoms with Gasteiger partial charge in [0.25, 0.3) is 6.43 Å². The molecule has 6 heteroatoms. The van der Waals surface area contributed by atoms with Crippen molar-refractivity contribution in [1.29, 1.82) is 0 Å². The Morgan fingerprint density at radius 1 is 1.35 bits per heavy atom. The lowest BCUT2D eigenvalue weighted by molar-refractivity contribution is 0.0976. The van der Waals surface area contributed by atoms with Gasteiger partial charge in [-0.05, 0) is 25.2 Å². The summed E-state index contributed by atoms with van der Waals surface area (Å²) in [7, 11) is 3.21. The lowest BCUT2D eigenvalue weighted by Crippen LogP contribution is -2.24. The summed E-state index contributed by atoms with van der Waals surface area (Å²) in [6, 6.07) is 7.36. The molecule has 0 bridgehead atoms. The van der Waals surface area contributed by atoms with E-state index < -0.39 is 6.43 Å². The third kappa shape index (κ3) is 3.33. The normalized spacial score (nSPS) is 11.5. The number of rotatable bonds is 5. The fourth-order valence-electron chi connectivity index (χ4n) is 2.05. The predicted molar refractivity (Wildman–Crippen MR) is 75.0 cm³/mol. The van der Waals surface area contributed by atoms with Gasteiger partial charge in [-0.1, -0.05) is 0 Å². The SMILES string of the molecule is COc1ccc2cc(CN(C)CC(F)F)c(N)nc2c1. The topological polar surface area (TPSA) is 51.4 Å². The number of aromatic nitrogens is 1. The van der Waals surface area contributed by atoms with Gasteiger partial charge in [-0.25, -0.2) is 13.8 Å². The van der Waals surface area contributed by atoms with Crippen molar-refractivity contribution in [3.63, 3.8) is 0 Å². The van der Waals surface area contributed by atoms with Crippen molar-refractivity contribution in [1.82, 2.24) is 9.88 Å². The minimum atomic E-state index is -2.36. The third-order valence-electron chi connectivity index (χ3n) is 3.03. The highest BCUT2D eigenvalue weighted by Gasteiger charge is 2.11. The first-order valence-electron chi connectivity index (χ1n) is 6.19. The minimum absolute atomic E-state index is 0.292. The van der Waals surface area contributed by atoms with Crippen LogP contribution in [-0.2, 0) is 6.54 Å². The molecule has 4 nitrogen and oxygen atoms in total. The summed E-state index contributed by atoms with van der Waals surface area (Å²) < 4.78 is 29.8. The molecule has 1 heterocycles. The molecule has 0 aliphatic carbocycles. The molecule has 0 unspecified atom stereocenters. The number of pyridine rings is 1. The quantitative estimate of drug-likeness (QED) is 0.915. The number of nitrogens with two attached hydrogens (primary N) is 1. The summed E-state index contributed by atoms with van der Waals surface area (Å²) in [6.07, 6.45) is -2.36. The molecular formula is C14H17F2N3O. The number of alkyl halides is 2. The Balaban J connectivity index is 2.28. The molecule has 2 aromatic rings. The Bertz CT molecular complexity index is 604. The van der Waals surface area contributed by atoms with Crippen molar-refractivity contribution in [2.75, 3.05) is 26.4 Å². The number of nitrogens with zero attached hydrogens (tertiary/aromatic N) is 2. The molecule has 0 amide bonds. The van der Waals surface area contributed by atoms with Crippen molar-refractivity contribution >= 4 is 16.7 Å². The zero-order valence-corrected chi connectivity index (χ0v) is 11.4. The average molecular weight is 281 g/mol. The van der Waals surface area contributed by atoms with Gasteiger partial charge >= 0.3 is 0 Å². The van der Waals surface area contributed by atoms with Gasteiger partial charge in [0.05, 0.1) is 19.2 Å². The number of halogens is 2. The summed E-state index contributed by atoms with van der Waals surface area (Å²) in [5.41, 5.74) is 7.36. The van der Waals surface area contributed by atoms with Crippen molar-refractivity contribution in [2.45, 2.75) is 13.0 Å². The van der Waals surface area contributed by atoms with Gasteiger partial charge in [0.15, 0.2) is 0 Å². The summed E-state index contributed by atoms with van der Waals surface area (Å²) in [5.74, 6) is 1.05. The highest BCUT2D eigenvalue weighted by atomic mass is 19.3. The monoisotopic (exact) mass is 281 g/mol. The first-order chi connectivity index (χ1) is 9.49. The van der Waals surface area contributed by atoms with E-state index in [0.717, 1.165) is 16.5 Å². The standard InChI is InChI=1S/C14H17F2N3O/c1-19(8-13(15)16)7-10-5-9-3-4-11(20-2)6-12(9)18-14(10)17/h3-6,13H,7-8H2,1-2H3,(H2,17,18). The van der Waals surface area contributed by atoms with Crippen LogP contribution in [0.5, 0.6) is 5.75 Å². The van der Waals surface area contributed by atoms with Crippen molar-refractivity contribution in [2.24, 2.45) is 0 Å². The zero-order valence-electron chi connectivity index (χ0n) is 11.4. The van der Waals surface area contributed by atoms with Gasteiger partial charge in [-0.3, -0.25) is 4.90 Å². The van der Waals surface area contributed by atoms with E-state index in [2.05, 4.69) is 4.98 Å². The Morgan fingerprint density at radius 3 is 2.75 bits per heavy atom. The van der Waals surface area contributed by atoms with Gasteiger partial charge in [0, 0.05) is 23.6 Å². The largest absolute Gasteiger partial charge is 0.497 e. The van der Waals surface area contributed by atoms with Crippen LogP contribution in [0.1, 0.15) is 5.56 Å². The van der Waals surface area contributed by atoms with Crippen LogP contribution in [0.4, 0.5) is 14.6 Å². The molecule has 0 saturated carbocycles. The number of anilines is 1. The lowest BCUT2D eigenvalue weighted by Gasteiger charge is -2.17. The Kier molecular flexibility index (Phi) is 4.34. The molecule has 1 aromatic carbocycles. The average Bonchev–Trinajstić information content (AvgIpc) is 2.38. The lowest BCUT2D eigenvalue weighted by atomic mass is 10.1. The second-order valence-electron chi connectivity index (χ2n) is 4.68. The van der Waals surface area contributed by atoms with Crippen LogP contribution >= 0.6 is 0 Å². The van der Waals surface area contributed by atoms with E-state index in [4.69, 9.17) is 10.5 Å². The summed E-state index contributed by atoms with van der Waals surface area (Å²) in [5, 5.41) is 0.903. The highest BCUT2D eigenvalue weighted by molar-refractivity contribution is 5.82. The molecule has 1 aromatic heterocycles. The van der Waals surface area contributed by atoms with Gasteiger partial charge in [0.2, 0.25) is 0 Å². The Morgan fingerprint density at radius 2 is 2.10 bits per heavy atom. The number of nitrogen functional groups attached to an aromatic ring is 1. The fraction of sp³-hybridized carbons (Fsp3) is 0.357. The van der Waals surface area contributed by atoms with Crippen LogP contribution in [0.15, 0.2) is 24.3 Å². The second-order valence-corrected chi connectivity index (χ2v) is 4.68. The fourth-order valence-corrected chi connectivity index (χ4v) is 2.05. The molecule has 0 aliphatic rings. The minimum Gasteiger partial charge on any atom is -0.497 e. The van der Waals surface area contributed by atoms with E-state index in [1.54, 1.807) is 20.2 Å². The van der Waals surface area contributed by atoms with E-state index in [0.29, 0.717) is 18.1 Å². The van der Waals surface area contributed by atoms with Crippen LogP contribution in [0.3, 0.4) is 0 Å². The number of fused-ring (bicyclic) bond motifs is 1. The van der Waals surface area contributed by atoms with E-state index in [9.17, 15) is 8.78 Å². The number of benzene rings is 1. The number of hydrogen-bond acceptors (Lipinski definition) is 4. The Hall–Kier alpha value is -1.95. The van der Waals surface area contributed by atoms with E-state index in [1.807, 2.05) is 18.2 Å². The maximum absolute atomic E-state index is 12.3. The maximum Gasteiger partial charge on any atom is 0.251 e. The van der Waals surface area contributed by atoms with Gasteiger partial charge in [0.1, 0.15) is 11.6 Å². The molecule has 0 radical (unpaired) electrons. The van der Waals surface area contributed by atoms with E-state index in [-0.39, 0.29) is 6.54 Å². The molecule has 20 heavy (non-hydrogen) atoms. The maximum atomic E-state index is 12.3. The van der Waals surface area contributed by atoms with Crippen molar-refractivity contribution in [3.05, 3.63) is 29.8 Å². The molecule has 2 N–H and O–H groups in total. The molecule has 2 rings (SSSR count). The van der Waals surface area contributed by atoms with Gasteiger partial charge < -0.3 is 10.5 Å².